The minimum Gasteiger partial charge on any atom is -0.493 e. The zero-order chi connectivity index (χ0) is 15.5. The van der Waals surface area contributed by atoms with Crippen molar-refractivity contribution in [1.29, 1.82) is 0 Å². The van der Waals surface area contributed by atoms with Gasteiger partial charge >= 0.3 is 0 Å². The molecule has 6 heteroatoms. The molecule has 0 spiro atoms. The van der Waals surface area contributed by atoms with E-state index in [4.69, 9.17) is 20.2 Å². The van der Waals surface area contributed by atoms with Crippen molar-refractivity contribution in [2.45, 2.75) is 50.0 Å². The van der Waals surface area contributed by atoms with E-state index in [2.05, 4.69) is 0 Å². The summed E-state index contributed by atoms with van der Waals surface area (Å²) in [6.07, 6.45) is 3.34. The average molecular weight is 333 g/mol. The van der Waals surface area contributed by atoms with Crippen LogP contribution in [0.4, 0.5) is 0 Å². The molecule has 0 aromatic heterocycles. The molecule has 1 saturated heterocycles. The van der Waals surface area contributed by atoms with E-state index in [1.54, 1.807) is 12.1 Å². The van der Waals surface area contributed by atoms with Gasteiger partial charge in [0.15, 0.2) is 0 Å². The Morgan fingerprint density at radius 3 is 2.76 bits per heavy atom. The third kappa shape index (κ3) is 4.59. The highest BCUT2D eigenvalue weighted by molar-refractivity contribution is 8.13. The molecule has 1 aromatic rings. The van der Waals surface area contributed by atoms with Gasteiger partial charge in [-0.05, 0) is 42.5 Å². The summed E-state index contributed by atoms with van der Waals surface area (Å²) in [5.41, 5.74) is 0.851. The molecule has 0 N–H and O–H groups in total. The monoisotopic (exact) mass is 332 g/mol. The zero-order valence-corrected chi connectivity index (χ0v) is 13.9. The van der Waals surface area contributed by atoms with Gasteiger partial charge < -0.3 is 9.47 Å². The summed E-state index contributed by atoms with van der Waals surface area (Å²) >= 11 is 0. The lowest BCUT2D eigenvalue weighted by Crippen LogP contribution is -2.11. The van der Waals surface area contributed by atoms with Crippen LogP contribution in [0.3, 0.4) is 0 Å². The SMILES string of the molecule is CC(C)c1cc(S(=O)(=O)Cl)ccc1OCCC1CCCO1. The summed E-state index contributed by atoms with van der Waals surface area (Å²) in [5, 5.41) is 0. The predicted molar refractivity (Wildman–Crippen MR) is 82.7 cm³/mol. The van der Waals surface area contributed by atoms with Gasteiger partial charge in [0.05, 0.1) is 17.6 Å². The highest BCUT2D eigenvalue weighted by Gasteiger charge is 2.18. The standard InChI is InChI=1S/C15H21ClO4S/c1-11(2)14-10-13(21(16,17)18)5-6-15(14)20-9-7-12-4-3-8-19-12/h5-6,10-12H,3-4,7-9H2,1-2H3. The summed E-state index contributed by atoms with van der Waals surface area (Å²) in [4.78, 5) is 0.111. The molecular weight excluding hydrogens is 312 g/mol. The number of benzene rings is 1. The molecule has 0 radical (unpaired) electrons. The van der Waals surface area contributed by atoms with Crippen molar-refractivity contribution >= 4 is 19.7 Å². The van der Waals surface area contributed by atoms with Gasteiger partial charge in [0, 0.05) is 23.7 Å². The van der Waals surface area contributed by atoms with E-state index in [0.717, 1.165) is 31.4 Å². The maximum absolute atomic E-state index is 11.4. The molecule has 1 unspecified atom stereocenters. The number of hydrogen-bond donors (Lipinski definition) is 0. The van der Waals surface area contributed by atoms with Crippen LogP contribution in [-0.4, -0.2) is 27.7 Å². The molecule has 0 amide bonds. The summed E-state index contributed by atoms with van der Waals surface area (Å²) in [5.74, 6) is 0.869. The van der Waals surface area contributed by atoms with Crippen molar-refractivity contribution in [3.05, 3.63) is 23.8 Å². The lowest BCUT2D eigenvalue weighted by Gasteiger charge is -2.16. The van der Waals surface area contributed by atoms with Gasteiger partial charge in [0.1, 0.15) is 5.75 Å². The normalized spacial score (nSPS) is 19.1. The van der Waals surface area contributed by atoms with Crippen LogP contribution in [0.1, 0.15) is 44.6 Å². The fourth-order valence-corrected chi connectivity index (χ4v) is 3.22. The largest absolute Gasteiger partial charge is 0.493 e. The summed E-state index contributed by atoms with van der Waals surface area (Å²) in [7, 11) is 1.68. The zero-order valence-electron chi connectivity index (χ0n) is 12.3. The fourth-order valence-electron chi connectivity index (χ4n) is 2.43. The van der Waals surface area contributed by atoms with Crippen LogP contribution in [0.25, 0.3) is 0 Å². The molecule has 1 fully saturated rings. The van der Waals surface area contributed by atoms with Crippen molar-refractivity contribution in [2.75, 3.05) is 13.2 Å². The molecule has 2 rings (SSSR count). The molecule has 4 nitrogen and oxygen atoms in total. The van der Waals surface area contributed by atoms with E-state index >= 15 is 0 Å². The van der Waals surface area contributed by atoms with Crippen LogP contribution in [0, 0.1) is 0 Å². The van der Waals surface area contributed by atoms with Crippen LogP contribution in [0.5, 0.6) is 5.75 Å². The van der Waals surface area contributed by atoms with E-state index < -0.39 is 9.05 Å². The van der Waals surface area contributed by atoms with E-state index in [9.17, 15) is 8.42 Å². The van der Waals surface area contributed by atoms with Crippen LogP contribution in [-0.2, 0) is 13.8 Å². The maximum Gasteiger partial charge on any atom is 0.261 e. The molecular formula is C15H21ClO4S. The van der Waals surface area contributed by atoms with Gasteiger partial charge in [-0.25, -0.2) is 8.42 Å². The second-order valence-electron chi connectivity index (χ2n) is 5.56. The van der Waals surface area contributed by atoms with E-state index in [1.807, 2.05) is 13.8 Å². The van der Waals surface area contributed by atoms with Crippen LogP contribution in [0.15, 0.2) is 23.1 Å². The lowest BCUT2D eigenvalue weighted by atomic mass is 10.0. The summed E-state index contributed by atoms with van der Waals surface area (Å²) in [6.45, 7) is 5.39. The summed E-state index contributed by atoms with van der Waals surface area (Å²) in [6, 6.07) is 4.75. The topological polar surface area (TPSA) is 52.6 Å². The highest BCUT2D eigenvalue weighted by Crippen LogP contribution is 2.30. The third-order valence-corrected chi connectivity index (χ3v) is 4.96. The first-order valence-electron chi connectivity index (χ1n) is 7.21. The van der Waals surface area contributed by atoms with Crippen molar-refractivity contribution in [3.63, 3.8) is 0 Å². The number of halogens is 1. The quantitative estimate of drug-likeness (QED) is 0.745. The first-order chi connectivity index (χ1) is 9.88. The number of hydrogen-bond acceptors (Lipinski definition) is 4. The van der Waals surface area contributed by atoms with Crippen molar-refractivity contribution in [1.82, 2.24) is 0 Å². The van der Waals surface area contributed by atoms with Crippen molar-refractivity contribution < 1.29 is 17.9 Å². The molecule has 1 atom stereocenters. The van der Waals surface area contributed by atoms with Gasteiger partial charge in [0.25, 0.3) is 9.05 Å². The van der Waals surface area contributed by atoms with Crippen molar-refractivity contribution in [2.24, 2.45) is 0 Å². The molecule has 0 saturated carbocycles. The van der Waals surface area contributed by atoms with Crippen LogP contribution >= 0.6 is 10.7 Å². The Balaban J connectivity index is 2.07. The van der Waals surface area contributed by atoms with Gasteiger partial charge in [-0.1, -0.05) is 13.8 Å². The Morgan fingerprint density at radius 1 is 1.43 bits per heavy atom. The Labute approximate surface area is 130 Å². The Morgan fingerprint density at radius 2 is 2.19 bits per heavy atom. The van der Waals surface area contributed by atoms with E-state index in [1.165, 1.54) is 6.07 Å². The second kappa shape index (κ2) is 6.99. The molecule has 1 aliphatic rings. The first-order valence-corrected chi connectivity index (χ1v) is 9.52. The number of ether oxygens (including phenoxy) is 2. The van der Waals surface area contributed by atoms with Crippen molar-refractivity contribution in [3.8, 4) is 5.75 Å². The first kappa shape index (κ1) is 16.6. The molecule has 1 heterocycles. The predicted octanol–water partition coefficient (Wildman–Crippen LogP) is 3.69. The van der Waals surface area contributed by atoms with Crippen LogP contribution in [0.2, 0.25) is 0 Å². The summed E-state index contributed by atoms with van der Waals surface area (Å²) < 4.78 is 34.2. The highest BCUT2D eigenvalue weighted by atomic mass is 35.7. The van der Waals surface area contributed by atoms with Crippen LogP contribution < -0.4 is 4.74 Å². The Hall–Kier alpha value is -0.780. The minimum atomic E-state index is -3.71. The Bertz CT molecular complexity index is 577. The molecule has 118 valence electrons. The fraction of sp³-hybridized carbons (Fsp3) is 0.600. The molecule has 0 bridgehead atoms. The van der Waals surface area contributed by atoms with Gasteiger partial charge in [0.2, 0.25) is 0 Å². The van der Waals surface area contributed by atoms with Gasteiger partial charge in [-0.15, -0.1) is 0 Å². The van der Waals surface area contributed by atoms with E-state index in [0.29, 0.717) is 12.4 Å². The molecule has 1 aromatic carbocycles. The lowest BCUT2D eigenvalue weighted by molar-refractivity contribution is 0.0902. The number of rotatable bonds is 6. The van der Waals surface area contributed by atoms with E-state index in [-0.39, 0.29) is 16.9 Å². The Kier molecular flexibility index (Phi) is 5.52. The van der Waals surface area contributed by atoms with Gasteiger partial charge in [-0.3, -0.25) is 0 Å². The third-order valence-electron chi connectivity index (χ3n) is 3.61. The minimum absolute atomic E-state index is 0.111. The van der Waals surface area contributed by atoms with Gasteiger partial charge in [-0.2, -0.15) is 0 Å². The average Bonchev–Trinajstić information content (AvgIpc) is 2.90. The maximum atomic E-state index is 11.4. The molecule has 21 heavy (non-hydrogen) atoms. The molecule has 1 aliphatic heterocycles. The second-order valence-corrected chi connectivity index (χ2v) is 8.13. The smallest absolute Gasteiger partial charge is 0.261 e. The molecule has 0 aliphatic carbocycles.